The van der Waals surface area contributed by atoms with Crippen molar-refractivity contribution in [3.8, 4) is 0 Å². The number of nitrogens with one attached hydrogen (secondary N) is 2. The first kappa shape index (κ1) is 20.2. The van der Waals surface area contributed by atoms with Crippen LogP contribution in [0.25, 0.3) is 0 Å². The molecule has 3 aliphatic heterocycles. The number of hydrogen-bond donors (Lipinski definition) is 2. The van der Waals surface area contributed by atoms with E-state index in [9.17, 15) is 22.8 Å². The van der Waals surface area contributed by atoms with Crippen molar-refractivity contribution in [3.63, 3.8) is 0 Å². The van der Waals surface area contributed by atoms with Crippen molar-refractivity contribution in [1.29, 1.82) is 0 Å². The highest BCUT2D eigenvalue weighted by Gasteiger charge is 2.36. The normalized spacial score (nSPS) is 29.1. The molecular weight excluding hydrogens is 385 g/mol. The average Bonchev–Trinajstić information content (AvgIpc) is 2.69. The van der Waals surface area contributed by atoms with Gasteiger partial charge in [0, 0.05) is 56.4 Å². The maximum absolute atomic E-state index is 14.9. The smallest absolute Gasteiger partial charge is 0.234 e. The first-order chi connectivity index (χ1) is 13.9. The van der Waals surface area contributed by atoms with Gasteiger partial charge in [0.05, 0.1) is 12.5 Å². The van der Waals surface area contributed by atoms with Crippen LogP contribution in [0.5, 0.6) is 0 Å². The van der Waals surface area contributed by atoms with Gasteiger partial charge in [0.1, 0.15) is 17.8 Å². The standard InChI is InChI=1S/C20H25F3N4O2/c21-14-9-12(10-15(22)19(14)13-1-2-18(28)25-20(13)29)27-6-3-17(16(23)11-27)26-7-4-24-5-8-26/h9-10,13,16-17,24H,1-8,11H2,(H,25,28,29)/t13?,16-,17+/m1/s1. The topological polar surface area (TPSA) is 64.7 Å². The van der Waals surface area contributed by atoms with Gasteiger partial charge in [0.25, 0.3) is 0 Å². The Labute approximate surface area is 167 Å². The zero-order valence-corrected chi connectivity index (χ0v) is 16.1. The van der Waals surface area contributed by atoms with Crippen LogP contribution in [0.1, 0.15) is 30.7 Å². The van der Waals surface area contributed by atoms with E-state index in [1.165, 1.54) is 12.1 Å². The summed E-state index contributed by atoms with van der Waals surface area (Å²) >= 11 is 0. The Hall–Kier alpha value is -2.13. The number of piperazine rings is 1. The zero-order chi connectivity index (χ0) is 20.5. The van der Waals surface area contributed by atoms with E-state index in [-0.39, 0.29) is 36.7 Å². The molecule has 2 N–H and O–H groups in total. The molecule has 158 valence electrons. The molecule has 4 rings (SSSR count). The van der Waals surface area contributed by atoms with E-state index in [1.54, 1.807) is 4.90 Å². The number of benzene rings is 1. The van der Waals surface area contributed by atoms with Gasteiger partial charge < -0.3 is 10.2 Å². The highest BCUT2D eigenvalue weighted by Crippen LogP contribution is 2.33. The maximum atomic E-state index is 14.9. The summed E-state index contributed by atoms with van der Waals surface area (Å²) in [5, 5.41) is 5.37. The number of hydrogen-bond acceptors (Lipinski definition) is 5. The van der Waals surface area contributed by atoms with E-state index < -0.39 is 35.5 Å². The molecule has 3 fully saturated rings. The number of alkyl halides is 1. The van der Waals surface area contributed by atoms with Crippen LogP contribution in [-0.2, 0) is 9.59 Å². The van der Waals surface area contributed by atoms with Crippen LogP contribution in [-0.4, -0.2) is 68.2 Å². The highest BCUT2D eigenvalue weighted by molar-refractivity contribution is 6.01. The molecule has 0 bridgehead atoms. The lowest BCUT2D eigenvalue weighted by Crippen LogP contribution is -2.57. The first-order valence-corrected chi connectivity index (χ1v) is 10.1. The molecule has 1 unspecified atom stereocenters. The van der Waals surface area contributed by atoms with E-state index in [1.807, 2.05) is 0 Å². The molecule has 3 aliphatic rings. The molecule has 3 heterocycles. The van der Waals surface area contributed by atoms with Crippen LogP contribution < -0.4 is 15.5 Å². The SMILES string of the molecule is O=C1CCC(c2c(F)cc(N3CC[C@H](N4CCNCC4)[C@H](F)C3)cc2F)C(=O)N1. The molecule has 2 amide bonds. The van der Waals surface area contributed by atoms with Gasteiger partial charge in [-0.2, -0.15) is 0 Å². The number of amides is 2. The van der Waals surface area contributed by atoms with Gasteiger partial charge in [0.2, 0.25) is 11.8 Å². The molecule has 0 radical (unpaired) electrons. The van der Waals surface area contributed by atoms with Crippen molar-refractivity contribution >= 4 is 17.5 Å². The fourth-order valence-electron chi connectivity index (χ4n) is 4.61. The second-order valence-corrected chi connectivity index (χ2v) is 7.93. The first-order valence-electron chi connectivity index (χ1n) is 10.1. The van der Waals surface area contributed by atoms with Crippen molar-refractivity contribution < 1.29 is 22.8 Å². The third-order valence-electron chi connectivity index (χ3n) is 6.14. The number of carbonyl (C=O) groups excluding carboxylic acids is 2. The van der Waals surface area contributed by atoms with Crippen molar-refractivity contribution in [2.24, 2.45) is 0 Å². The van der Waals surface area contributed by atoms with E-state index >= 15 is 0 Å². The molecule has 0 saturated carbocycles. The Morgan fingerprint density at radius 3 is 2.31 bits per heavy atom. The van der Waals surface area contributed by atoms with E-state index in [0.29, 0.717) is 13.0 Å². The van der Waals surface area contributed by atoms with Crippen molar-refractivity contribution in [2.75, 3.05) is 44.2 Å². The van der Waals surface area contributed by atoms with Crippen LogP contribution in [0.4, 0.5) is 18.9 Å². The van der Waals surface area contributed by atoms with E-state index in [2.05, 4.69) is 15.5 Å². The molecule has 6 nitrogen and oxygen atoms in total. The van der Waals surface area contributed by atoms with Crippen LogP contribution in [0.3, 0.4) is 0 Å². The van der Waals surface area contributed by atoms with Gasteiger partial charge in [-0.1, -0.05) is 0 Å². The Morgan fingerprint density at radius 1 is 1.00 bits per heavy atom. The molecule has 3 saturated heterocycles. The summed E-state index contributed by atoms with van der Waals surface area (Å²) in [7, 11) is 0. The fraction of sp³-hybridized carbons (Fsp3) is 0.600. The minimum absolute atomic E-state index is 0.0418. The lowest BCUT2D eigenvalue weighted by atomic mass is 9.89. The Balaban J connectivity index is 1.48. The Bertz CT molecular complexity index is 777. The number of carbonyl (C=O) groups is 2. The summed E-state index contributed by atoms with van der Waals surface area (Å²) in [5.74, 6) is -3.84. The monoisotopic (exact) mass is 410 g/mol. The molecular formula is C20H25F3N4O2. The van der Waals surface area contributed by atoms with Crippen molar-refractivity contribution in [2.45, 2.75) is 37.4 Å². The second-order valence-electron chi connectivity index (χ2n) is 7.93. The van der Waals surface area contributed by atoms with Gasteiger partial charge in [-0.3, -0.25) is 19.8 Å². The van der Waals surface area contributed by atoms with Gasteiger partial charge in [-0.15, -0.1) is 0 Å². The summed E-state index contributed by atoms with van der Waals surface area (Å²) in [6.45, 7) is 3.86. The summed E-state index contributed by atoms with van der Waals surface area (Å²) in [6, 6.07) is 2.16. The number of halogens is 3. The lowest BCUT2D eigenvalue weighted by Gasteiger charge is -2.43. The quantitative estimate of drug-likeness (QED) is 0.736. The number of piperidine rings is 2. The van der Waals surface area contributed by atoms with Gasteiger partial charge in [0.15, 0.2) is 0 Å². The van der Waals surface area contributed by atoms with Crippen LogP contribution in [0, 0.1) is 11.6 Å². The van der Waals surface area contributed by atoms with Crippen molar-refractivity contribution in [3.05, 3.63) is 29.3 Å². The maximum Gasteiger partial charge on any atom is 0.234 e. The number of rotatable bonds is 3. The lowest BCUT2D eigenvalue weighted by molar-refractivity contribution is -0.134. The molecule has 29 heavy (non-hydrogen) atoms. The predicted octanol–water partition coefficient (Wildman–Crippen LogP) is 1.31. The zero-order valence-electron chi connectivity index (χ0n) is 16.1. The third kappa shape index (κ3) is 4.11. The molecule has 9 heteroatoms. The summed E-state index contributed by atoms with van der Waals surface area (Å²) in [5.41, 5.74) is -0.0521. The predicted molar refractivity (Wildman–Crippen MR) is 101 cm³/mol. The molecule has 0 aliphatic carbocycles. The number of nitrogens with zero attached hydrogens (tertiary/aromatic N) is 2. The highest BCUT2D eigenvalue weighted by atomic mass is 19.1. The third-order valence-corrected chi connectivity index (χ3v) is 6.14. The van der Waals surface area contributed by atoms with Gasteiger partial charge in [-0.25, -0.2) is 13.2 Å². The molecule has 1 aromatic rings. The second kappa shape index (κ2) is 8.31. The summed E-state index contributed by atoms with van der Waals surface area (Å²) in [4.78, 5) is 27.1. The molecule has 3 atom stereocenters. The average molecular weight is 410 g/mol. The van der Waals surface area contributed by atoms with Crippen LogP contribution in [0.2, 0.25) is 0 Å². The summed E-state index contributed by atoms with van der Waals surface area (Å²) in [6.07, 6.45) is -0.414. The number of imide groups is 1. The Kier molecular flexibility index (Phi) is 5.78. The number of anilines is 1. The minimum Gasteiger partial charge on any atom is -0.368 e. The minimum atomic E-state index is -1.11. The fourth-order valence-corrected chi connectivity index (χ4v) is 4.61. The molecule has 0 aromatic heterocycles. The van der Waals surface area contributed by atoms with Crippen LogP contribution in [0.15, 0.2) is 12.1 Å². The summed E-state index contributed by atoms with van der Waals surface area (Å²) < 4.78 is 44.3. The van der Waals surface area contributed by atoms with E-state index in [4.69, 9.17) is 0 Å². The van der Waals surface area contributed by atoms with Gasteiger partial charge in [-0.05, 0) is 25.0 Å². The largest absolute Gasteiger partial charge is 0.368 e. The van der Waals surface area contributed by atoms with Gasteiger partial charge >= 0.3 is 0 Å². The molecule has 0 spiro atoms. The van der Waals surface area contributed by atoms with Crippen LogP contribution >= 0.6 is 0 Å². The molecule has 1 aromatic carbocycles. The van der Waals surface area contributed by atoms with E-state index in [0.717, 1.165) is 26.2 Å². The van der Waals surface area contributed by atoms with Crippen molar-refractivity contribution in [1.82, 2.24) is 15.5 Å². The Morgan fingerprint density at radius 2 is 1.69 bits per heavy atom.